The van der Waals surface area contributed by atoms with Crippen LogP contribution in [0.5, 0.6) is 0 Å². The summed E-state index contributed by atoms with van der Waals surface area (Å²) >= 11 is 1.83. The summed E-state index contributed by atoms with van der Waals surface area (Å²) in [6.07, 6.45) is 2.73. The maximum absolute atomic E-state index is 13.7. The van der Waals surface area contributed by atoms with Crippen LogP contribution in [0.2, 0.25) is 0 Å². The predicted octanol–water partition coefficient (Wildman–Crippen LogP) is 6.23. The van der Waals surface area contributed by atoms with Crippen molar-refractivity contribution in [3.63, 3.8) is 0 Å². The van der Waals surface area contributed by atoms with Crippen molar-refractivity contribution in [2.24, 2.45) is 4.99 Å². The summed E-state index contributed by atoms with van der Waals surface area (Å²) in [5.74, 6) is 0.851. The molecule has 1 saturated heterocycles. The molecule has 0 aliphatic carbocycles. The van der Waals surface area contributed by atoms with Gasteiger partial charge in [-0.05, 0) is 49.2 Å². The molecule has 0 unspecified atom stereocenters. The van der Waals surface area contributed by atoms with Crippen molar-refractivity contribution in [2.75, 3.05) is 26.7 Å². The van der Waals surface area contributed by atoms with Gasteiger partial charge < -0.3 is 4.90 Å². The molecule has 3 heterocycles. The number of fused-ring (bicyclic) bond motifs is 2. The molecular weight excluding hydrogens is 479 g/mol. The van der Waals surface area contributed by atoms with Gasteiger partial charge in [-0.2, -0.15) is 0 Å². The Labute approximate surface area is 218 Å². The molecule has 3 aromatic rings. The van der Waals surface area contributed by atoms with Gasteiger partial charge in [-0.3, -0.25) is 4.90 Å². The van der Waals surface area contributed by atoms with E-state index in [0.29, 0.717) is 6.04 Å². The van der Waals surface area contributed by atoms with Gasteiger partial charge in [0.05, 0.1) is 10.7 Å². The van der Waals surface area contributed by atoms with E-state index in [1.165, 1.54) is 21.5 Å². The maximum atomic E-state index is 13.7. The van der Waals surface area contributed by atoms with Crippen molar-refractivity contribution < 1.29 is 4.39 Å². The Morgan fingerprint density at radius 1 is 1.09 bits per heavy atom. The number of benzene rings is 2. The van der Waals surface area contributed by atoms with E-state index < -0.39 is 0 Å². The second-order valence-electron chi connectivity index (χ2n) is 10.5. The van der Waals surface area contributed by atoms with Crippen LogP contribution in [-0.4, -0.2) is 53.3 Å². The van der Waals surface area contributed by atoms with Crippen LogP contribution < -0.4 is 0 Å². The Hall–Kier alpha value is -2.28. The number of aryl methyl sites for hydroxylation is 1. The van der Waals surface area contributed by atoms with Crippen molar-refractivity contribution in [1.82, 2.24) is 14.8 Å². The Morgan fingerprint density at radius 2 is 1.89 bits per heavy atom. The van der Waals surface area contributed by atoms with Gasteiger partial charge in [0, 0.05) is 42.4 Å². The molecule has 0 spiro atoms. The minimum absolute atomic E-state index is 0. The van der Waals surface area contributed by atoms with Crippen molar-refractivity contribution in [3.05, 3.63) is 81.1 Å². The normalized spacial score (nSPS) is 18.3. The molecule has 1 atom stereocenters. The molecule has 0 amide bonds. The standard InChI is InChI=1S/C28H33FN4S.ClH/c1-28(2,3)27-31-25-24(34-27)17-20-9-5-6-11-23(20)30-26(25)33-15-14-32(4)22(18-33)13-12-19-8-7-10-21(29)16-19;/h5-11,16,22H,12-15,17-18H2,1-4H3;1H/t22-;/m0./s1. The first-order chi connectivity index (χ1) is 16.3. The maximum Gasteiger partial charge on any atom is 0.156 e. The van der Waals surface area contributed by atoms with E-state index in [9.17, 15) is 4.39 Å². The van der Waals surface area contributed by atoms with Crippen LogP contribution in [0.4, 0.5) is 10.1 Å². The van der Waals surface area contributed by atoms with Crippen LogP contribution in [0.25, 0.3) is 0 Å². The van der Waals surface area contributed by atoms with Crippen LogP contribution >= 0.6 is 23.7 Å². The van der Waals surface area contributed by atoms with Gasteiger partial charge in [-0.15, -0.1) is 23.7 Å². The second kappa shape index (κ2) is 10.4. The molecule has 35 heavy (non-hydrogen) atoms. The number of hydrogen-bond acceptors (Lipinski definition) is 5. The molecule has 7 heteroatoms. The zero-order valence-corrected chi connectivity index (χ0v) is 22.6. The monoisotopic (exact) mass is 512 g/mol. The average molecular weight is 513 g/mol. The fourth-order valence-electron chi connectivity index (χ4n) is 4.77. The van der Waals surface area contributed by atoms with Gasteiger partial charge in [-0.25, -0.2) is 14.4 Å². The van der Waals surface area contributed by atoms with Crippen LogP contribution in [0, 0.1) is 5.82 Å². The molecule has 0 radical (unpaired) electrons. The Bertz CT molecular complexity index is 1220. The number of amidine groups is 1. The summed E-state index contributed by atoms with van der Waals surface area (Å²) in [4.78, 5) is 16.5. The third-order valence-corrected chi connectivity index (χ3v) is 8.33. The van der Waals surface area contributed by atoms with Gasteiger partial charge in [-0.1, -0.05) is 51.1 Å². The van der Waals surface area contributed by atoms with Crippen molar-refractivity contribution in [2.45, 2.75) is 51.5 Å². The lowest BCUT2D eigenvalue weighted by Crippen LogP contribution is -2.53. The van der Waals surface area contributed by atoms with Crippen LogP contribution in [0.3, 0.4) is 0 Å². The van der Waals surface area contributed by atoms with E-state index in [2.05, 4.69) is 61.9 Å². The lowest BCUT2D eigenvalue weighted by Gasteiger charge is -2.40. The highest BCUT2D eigenvalue weighted by molar-refractivity contribution is 7.12. The average Bonchev–Trinajstić information content (AvgIpc) is 3.16. The minimum Gasteiger partial charge on any atom is -0.352 e. The second-order valence-corrected chi connectivity index (χ2v) is 11.6. The quantitative estimate of drug-likeness (QED) is 0.416. The number of halogens is 2. The molecule has 0 saturated carbocycles. The predicted molar refractivity (Wildman–Crippen MR) is 146 cm³/mol. The Morgan fingerprint density at radius 3 is 2.66 bits per heavy atom. The molecular formula is C28H34ClFN4S. The van der Waals surface area contributed by atoms with Gasteiger partial charge in [0.2, 0.25) is 0 Å². The number of piperazine rings is 1. The summed E-state index contributed by atoms with van der Waals surface area (Å²) in [6, 6.07) is 15.8. The first kappa shape index (κ1) is 25.8. The highest BCUT2D eigenvalue weighted by Crippen LogP contribution is 2.36. The van der Waals surface area contributed by atoms with Gasteiger partial charge >= 0.3 is 0 Å². The number of aromatic nitrogens is 1. The summed E-state index contributed by atoms with van der Waals surface area (Å²) in [5.41, 5.74) is 4.44. The Kier molecular flexibility index (Phi) is 7.65. The van der Waals surface area contributed by atoms with Crippen molar-refractivity contribution in [3.8, 4) is 0 Å². The number of rotatable bonds is 3. The van der Waals surface area contributed by atoms with E-state index in [1.807, 2.05) is 17.4 Å². The van der Waals surface area contributed by atoms with Gasteiger partial charge in [0.1, 0.15) is 11.5 Å². The number of hydrogen-bond donors (Lipinski definition) is 0. The van der Waals surface area contributed by atoms with E-state index in [-0.39, 0.29) is 23.6 Å². The highest BCUT2D eigenvalue weighted by atomic mass is 35.5. The smallest absolute Gasteiger partial charge is 0.156 e. The van der Waals surface area contributed by atoms with Gasteiger partial charge in [0.15, 0.2) is 5.84 Å². The Balaban J connectivity index is 0.00000289. The first-order valence-corrected chi connectivity index (χ1v) is 13.0. The third kappa shape index (κ3) is 5.60. The molecule has 186 valence electrons. The van der Waals surface area contributed by atoms with Crippen LogP contribution in [0.15, 0.2) is 53.5 Å². The molecule has 2 aromatic carbocycles. The van der Waals surface area contributed by atoms with Gasteiger partial charge in [0.25, 0.3) is 0 Å². The van der Waals surface area contributed by atoms with Crippen LogP contribution in [0.1, 0.15) is 53.9 Å². The topological polar surface area (TPSA) is 31.7 Å². The fraction of sp³-hybridized carbons (Fsp3) is 0.429. The zero-order valence-electron chi connectivity index (χ0n) is 20.9. The number of likely N-dealkylation sites (N-methyl/N-ethyl adjacent to an activating group) is 1. The van der Waals surface area contributed by atoms with E-state index in [0.717, 1.165) is 61.7 Å². The lowest BCUT2D eigenvalue weighted by atomic mass is 9.98. The summed E-state index contributed by atoms with van der Waals surface area (Å²) in [6.45, 7) is 9.49. The molecule has 2 aliphatic rings. The molecule has 0 N–H and O–H groups in total. The fourth-order valence-corrected chi connectivity index (χ4v) is 5.91. The number of aliphatic imine (C=N–C) groups is 1. The number of nitrogens with zero attached hydrogens (tertiary/aromatic N) is 4. The van der Waals surface area contributed by atoms with Crippen LogP contribution in [-0.2, 0) is 18.3 Å². The summed E-state index contributed by atoms with van der Waals surface area (Å²) < 4.78 is 13.7. The summed E-state index contributed by atoms with van der Waals surface area (Å²) in [5, 5.41) is 1.17. The third-order valence-electron chi connectivity index (χ3n) is 6.85. The largest absolute Gasteiger partial charge is 0.352 e. The minimum atomic E-state index is -0.159. The first-order valence-electron chi connectivity index (χ1n) is 12.1. The molecule has 0 bridgehead atoms. The summed E-state index contributed by atoms with van der Waals surface area (Å²) in [7, 11) is 2.20. The van der Waals surface area contributed by atoms with E-state index in [4.69, 9.17) is 9.98 Å². The van der Waals surface area contributed by atoms with E-state index in [1.54, 1.807) is 12.1 Å². The number of thiazole rings is 1. The molecule has 1 aromatic heterocycles. The molecule has 2 aliphatic heterocycles. The SMILES string of the molecule is CN1CCN(C2=Nc3ccccc3Cc3sc(C(C)(C)C)nc32)C[C@@H]1CCc1cccc(F)c1.Cl. The zero-order chi connectivity index (χ0) is 23.9. The van der Waals surface area contributed by atoms with E-state index >= 15 is 0 Å². The number of para-hydroxylation sites is 1. The molecule has 5 rings (SSSR count). The van der Waals surface area contributed by atoms with Crippen molar-refractivity contribution >= 4 is 35.3 Å². The molecule has 4 nitrogen and oxygen atoms in total. The molecule has 1 fully saturated rings. The van der Waals surface area contributed by atoms with Crippen molar-refractivity contribution in [1.29, 1.82) is 0 Å². The highest BCUT2D eigenvalue weighted by Gasteiger charge is 2.32. The lowest BCUT2D eigenvalue weighted by molar-refractivity contribution is 0.134.